The topological polar surface area (TPSA) is 79.0 Å². The SMILES string of the molecule is O=S(=O)([O-])C(F)(F)COCc1ccc(C2CO2)cc1. The average molecular weight is 293 g/mol. The van der Waals surface area contributed by atoms with E-state index < -0.39 is 22.0 Å². The van der Waals surface area contributed by atoms with Gasteiger partial charge in [-0.1, -0.05) is 24.3 Å². The lowest BCUT2D eigenvalue weighted by Gasteiger charge is -2.19. The first-order chi connectivity index (χ1) is 8.79. The van der Waals surface area contributed by atoms with Crippen LogP contribution < -0.4 is 0 Å². The summed E-state index contributed by atoms with van der Waals surface area (Å²) in [6.45, 7) is -0.980. The number of hydrogen-bond acceptors (Lipinski definition) is 5. The molecule has 0 N–H and O–H groups in total. The summed E-state index contributed by atoms with van der Waals surface area (Å²) in [5.74, 6) is 0. The van der Waals surface area contributed by atoms with E-state index in [0.29, 0.717) is 12.2 Å². The van der Waals surface area contributed by atoms with Crippen LogP contribution in [0.4, 0.5) is 8.78 Å². The summed E-state index contributed by atoms with van der Waals surface area (Å²) in [6.07, 6.45) is 0.102. The highest BCUT2D eigenvalue weighted by Crippen LogP contribution is 2.29. The Kier molecular flexibility index (Phi) is 3.86. The summed E-state index contributed by atoms with van der Waals surface area (Å²) in [5.41, 5.74) is 1.58. The summed E-state index contributed by atoms with van der Waals surface area (Å²) >= 11 is 0. The molecule has 0 spiro atoms. The van der Waals surface area contributed by atoms with Gasteiger partial charge in [0, 0.05) is 0 Å². The van der Waals surface area contributed by atoms with Gasteiger partial charge in [-0.2, -0.15) is 8.78 Å². The van der Waals surface area contributed by atoms with Crippen molar-refractivity contribution in [2.45, 2.75) is 18.0 Å². The predicted molar refractivity (Wildman–Crippen MR) is 59.4 cm³/mol. The molecule has 19 heavy (non-hydrogen) atoms. The van der Waals surface area contributed by atoms with Crippen LogP contribution in [0, 0.1) is 0 Å². The largest absolute Gasteiger partial charge is 0.743 e. The van der Waals surface area contributed by atoms with E-state index in [1.807, 2.05) is 0 Å². The maximum atomic E-state index is 12.8. The smallest absolute Gasteiger partial charge is 0.357 e. The fraction of sp³-hybridized carbons (Fsp3) is 0.455. The third-order valence-electron chi connectivity index (χ3n) is 2.59. The standard InChI is InChI=1S/C11H12F2O5S/c12-11(13,19(14,15)16)7-17-5-8-1-3-9(4-2-8)10-6-18-10/h1-4,10H,5-7H2,(H,14,15,16)/p-1. The Morgan fingerprint density at radius 3 is 2.42 bits per heavy atom. The van der Waals surface area contributed by atoms with E-state index in [4.69, 9.17) is 4.74 Å². The zero-order chi connectivity index (χ0) is 14.1. The molecule has 1 fully saturated rings. The van der Waals surface area contributed by atoms with Crippen LogP contribution in [-0.2, 0) is 26.2 Å². The molecule has 8 heteroatoms. The molecular weight excluding hydrogens is 282 g/mol. The highest BCUT2D eigenvalue weighted by Gasteiger charge is 2.37. The Balaban J connectivity index is 1.85. The van der Waals surface area contributed by atoms with Crippen LogP contribution >= 0.6 is 0 Å². The van der Waals surface area contributed by atoms with Crippen molar-refractivity contribution < 1.29 is 31.2 Å². The second-order valence-corrected chi connectivity index (χ2v) is 5.65. The number of alkyl halides is 2. The van der Waals surface area contributed by atoms with Gasteiger partial charge in [-0.05, 0) is 11.1 Å². The quantitative estimate of drug-likeness (QED) is 0.585. The number of epoxide rings is 1. The summed E-state index contributed by atoms with van der Waals surface area (Å²) < 4.78 is 65.8. The van der Waals surface area contributed by atoms with Crippen molar-refractivity contribution >= 4 is 10.1 Å². The number of hydrogen-bond donors (Lipinski definition) is 0. The lowest BCUT2D eigenvalue weighted by Crippen LogP contribution is -2.33. The molecule has 0 aromatic heterocycles. The molecule has 0 saturated carbocycles. The van der Waals surface area contributed by atoms with Gasteiger partial charge in [0.15, 0.2) is 10.1 Å². The zero-order valence-electron chi connectivity index (χ0n) is 9.71. The minimum atomic E-state index is -5.69. The third-order valence-corrected chi connectivity index (χ3v) is 3.44. The Morgan fingerprint density at radius 1 is 1.37 bits per heavy atom. The number of ether oxygens (including phenoxy) is 2. The van der Waals surface area contributed by atoms with Gasteiger partial charge in [0.25, 0.3) is 0 Å². The average Bonchev–Trinajstić information content (AvgIpc) is 3.12. The molecule has 1 unspecified atom stereocenters. The molecular formula is C11H11F2O5S-. The molecule has 0 bridgehead atoms. The number of halogens is 2. The molecule has 0 amide bonds. The fourth-order valence-electron chi connectivity index (χ4n) is 1.43. The Labute approximate surface area is 108 Å². The monoisotopic (exact) mass is 293 g/mol. The molecule has 1 atom stereocenters. The summed E-state index contributed by atoms with van der Waals surface area (Å²) in [4.78, 5) is 0. The Hall–Kier alpha value is -1.09. The van der Waals surface area contributed by atoms with Gasteiger partial charge >= 0.3 is 5.25 Å². The van der Waals surface area contributed by atoms with E-state index in [-0.39, 0.29) is 12.7 Å². The maximum Gasteiger partial charge on any atom is 0.357 e. The fourth-order valence-corrected chi connectivity index (χ4v) is 1.66. The van der Waals surface area contributed by atoms with Crippen LogP contribution in [0.2, 0.25) is 0 Å². The molecule has 1 aromatic rings. The predicted octanol–water partition coefficient (Wildman–Crippen LogP) is 1.41. The van der Waals surface area contributed by atoms with Gasteiger partial charge in [-0.3, -0.25) is 0 Å². The Bertz CT molecular complexity index is 537. The van der Waals surface area contributed by atoms with Crippen molar-refractivity contribution in [1.82, 2.24) is 0 Å². The summed E-state index contributed by atoms with van der Waals surface area (Å²) in [7, 11) is -5.69. The highest BCUT2D eigenvalue weighted by molar-refractivity contribution is 7.86. The lowest BCUT2D eigenvalue weighted by molar-refractivity contribution is -0.0270. The Morgan fingerprint density at radius 2 is 1.95 bits per heavy atom. The van der Waals surface area contributed by atoms with E-state index >= 15 is 0 Å². The minimum absolute atomic E-state index is 0.102. The van der Waals surface area contributed by atoms with Gasteiger partial charge in [-0.25, -0.2) is 8.42 Å². The molecule has 106 valence electrons. The molecule has 1 heterocycles. The number of rotatable bonds is 6. The second-order valence-electron chi connectivity index (χ2n) is 4.15. The molecule has 2 rings (SSSR count). The highest BCUT2D eigenvalue weighted by atomic mass is 32.2. The van der Waals surface area contributed by atoms with Gasteiger partial charge in [0.2, 0.25) is 0 Å². The minimum Gasteiger partial charge on any atom is -0.743 e. The van der Waals surface area contributed by atoms with Gasteiger partial charge < -0.3 is 14.0 Å². The van der Waals surface area contributed by atoms with Crippen LogP contribution in [0.15, 0.2) is 24.3 Å². The van der Waals surface area contributed by atoms with Crippen molar-refractivity contribution in [2.75, 3.05) is 13.2 Å². The number of benzene rings is 1. The van der Waals surface area contributed by atoms with Crippen molar-refractivity contribution in [3.05, 3.63) is 35.4 Å². The van der Waals surface area contributed by atoms with Gasteiger partial charge in [0.05, 0.1) is 13.2 Å². The molecule has 0 aliphatic carbocycles. The molecule has 1 aromatic carbocycles. The van der Waals surface area contributed by atoms with Crippen molar-refractivity contribution in [2.24, 2.45) is 0 Å². The van der Waals surface area contributed by atoms with Crippen molar-refractivity contribution in [3.63, 3.8) is 0 Å². The zero-order valence-corrected chi connectivity index (χ0v) is 10.5. The molecule has 1 aliphatic heterocycles. The molecule has 1 aliphatic rings. The first-order valence-electron chi connectivity index (χ1n) is 5.41. The molecule has 1 saturated heterocycles. The van der Waals surface area contributed by atoms with E-state index in [0.717, 1.165) is 5.56 Å². The second kappa shape index (κ2) is 5.12. The van der Waals surface area contributed by atoms with E-state index in [2.05, 4.69) is 4.74 Å². The summed E-state index contributed by atoms with van der Waals surface area (Å²) in [6, 6.07) is 6.89. The molecule has 0 radical (unpaired) electrons. The first-order valence-corrected chi connectivity index (χ1v) is 6.82. The van der Waals surface area contributed by atoms with Crippen LogP contribution in [0.1, 0.15) is 17.2 Å². The van der Waals surface area contributed by atoms with E-state index in [9.17, 15) is 21.8 Å². The summed E-state index contributed by atoms with van der Waals surface area (Å²) in [5, 5.41) is -4.41. The first kappa shape index (κ1) is 14.3. The van der Waals surface area contributed by atoms with Crippen LogP contribution in [0.3, 0.4) is 0 Å². The van der Waals surface area contributed by atoms with Crippen molar-refractivity contribution in [3.8, 4) is 0 Å². The van der Waals surface area contributed by atoms with Crippen LogP contribution in [0.25, 0.3) is 0 Å². The van der Waals surface area contributed by atoms with Gasteiger partial charge in [-0.15, -0.1) is 0 Å². The van der Waals surface area contributed by atoms with E-state index in [1.54, 1.807) is 24.3 Å². The lowest BCUT2D eigenvalue weighted by atomic mass is 10.1. The maximum absolute atomic E-state index is 12.8. The van der Waals surface area contributed by atoms with Crippen LogP contribution in [0.5, 0.6) is 0 Å². The van der Waals surface area contributed by atoms with Gasteiger partial charge in [0.1, 0.15) is 12.7 Å². The normalized spacial score (nSPS) is 19.4. The third kappa shape index (κ3) is 3.69. The van der Waals surface area contributed by atoms with E-state index in [1.165, 1.54) is 0 Å². The molecule has 5 nitrogen and oxygen atoms in total. The van der Waals surface area contributed by atoms with Crippen molar-refractivity contribution in [1.29, 1.82) is 0 Å². The van der Waals surface area contributed by atoms with Crippen LogP contribution in [-0.4, -0.2) is 31.4 Å².